The van der Waals surface area contributed by atoms with Gasteiger partial charge in [-0.25, -0.2) is 4.39 Å². The second-order valence-corrected chi connectivity index (χ2v) is 9.22. The summed E-state index contributed by atoms with van der Waals surface area (Å²) >= 11 is 12.8. The fraction of sp³-hybridized carbons (Fsp3) is 0.214. The minimum Gasteiger partial charge on any atom is -0.488 e. The highest BCUT2D eigenvalue weighted by atomic mass is 35.5. The van der Waals surface area contributed by atoms with Crippen molar-refractivity contribution in [3.63, 3.8) is 0 Å². The van der Waals surface area contributed by atoms with E-state index in [1.54, 1.807) is 6.07 Å². The van der Waals surface area contributed by atoms with E-state index in [0.29, 0.717) is 29.8 Å². The van der Waals surface area contributed by atoms with Crippen LogP contribution in [0.15, 0.2) is 72.8 Å². The van der Waals surface area contributed by atoms with Gasteiger partial charge in [-0.15, -0.1) is 0 Å². The van der Waals surface area contributed by atoms with Crippen molar-refractivity contribution >= 4 is 45.3 Å². The smallest absolute Gasteiger partial charge is 0.125 e. The first-order chi connectivity index (χ1) is 17.1. The third-order valence-electron chi connectivity index (χ3n) is 6.16. The van der Waals surface area contributed by atoms with Crippen molar-refractivity contribution in [2.75, 3.05) is 36.5 Å². The van der Waals surface area contributed by atoms with E-state index in [4.69, 9.17) is 32.7 Å². The topological polar surface area (TPSA) is 33.7 Å². The summed E-state index contributed by atoms with van der Waals surface area (Å²) in [6.07, 6.45) is 0. The maximum absolute atomic E-state index is 13.4. The van der Waals surface area contributed by atoms with Crippen molar-refractivity contribution in [1.82, 2.24) is 0 Å². The molecule has 0 aromatic heterocycles. The van der Waals surface area contributed by atoms with Crippen LogP contribution in [0.2, 0.25) is 10.0 Å². The van der Waals surface area contributed by atoms with Crippen LogP contribution in [-0.4, -0.2) is 26.3 Å². The molecule has 1 saturated heterocycles. The first-order valence-electron chi connectivity index (χ1n) is 11.5. The number of nitrogens with zero attached hydrogens (tertiary/aromatic N) is 1. The van der Waals surface area contributed by atoms with E-state index in [-0.39, 0.29) is 12.4 Å². The van der Waals surface area contributed by atoms with Gasteiger partial charge in [-0.3, -0.25) is 0 Å². The summed E-state index contributed by atoms with van der Waals surface area (Å²) in [5.74, 6) is 0.375. The molecule has 1 N–H and O–H groups in total. The van der Waals surface area contributed by atoms with Gasteiger partial charge < -0.3 is 19.7 Å². The summed E-state index contributed by atoms with van der Waals surface area (Å²) < 4.78 is 25.0. The van der Waals surface area contributed by atoms with Crippen LogP contribution < -0.4 is 15.0 Å². The predicted molar refractivity (Wildman–Crippen MR) is 142 cm³/mol. The lowest BCUT2D eigenvalue weighted by Gasteiger charge is -2.29. The standard InChI is InChI=1S/C28H25Cl2FN2O2/c29-25-15-21(31)7-5-20(25)18-35-28-10-6-19-3-1-2-4-23(19)24(28)17-32-22-8-9-27(26(30)16-22)33-11-13-34-14-12-33/h1-10,15-16,32H,11-14,17-18H2. The number of anilines is 2. The Balaban J connectivity index is 1.37. The number of fused-ring (bicyclic) bond motifs is 1. The van der Waals surface area contributed by atoms with Gasteiger partial charge in [0, 0.05) is 36.4 Å². The number of hydrogen-bond acceptors (Lipinski definition) is 4. The van der Waals surface area contributed by atoms with Gasteiger partial charge in [0.2, 0.25) is 0 Å². The summed E-state index contributed by atoms with van der Waals surface area (Å²) in [5, 5.41) is 6.77. The molecule has 0 saturated carbocycles. The van der Waals surface area contributed by atoms with E-state index in [1.807, 2.05) is 42.5 Å². The molecule has 7 heteroatoms. The zero-order chi connectivity index (χ0) is 24.2. The lowest BCUT2D eigenvalue weighted by atomic mass is 10.0. The van der Waals surface area contributed by atoms with Crippen molar-refractivity contribution in [1.29, 1.82) is 0 Å². The van der Waals surface area contributed by atoms with E-state index in [9.17, 15) is 4.39 Å². The second-order valence-electron chi connectivity index (χ2n) is 8.41. The van der Waals surface area contributed by atoms with Crippen LogP contribution in [0.25, 0.3) is 10.8 Å². The Kier molecular flexibility index (Phi) is 7.28. The second kappa shape index (κ2) is 10.7. The molecule has 180 valence electrons. The highest BCUT2D eigenvalue weighted by molar-refractivity contribution is 6.33. The number of morpholine rings is 1. The number of nitrogens with one attached hydrogen (secondary N) is 1. The first kappa shape index (κ1) is 23.7. The number of ether oxygens (including phenoxy) is 2. The quantitative estimate of drug-likeness (QED) is 0.282. The molecule has 0 aliphatic carbocycles. The molecule has 5 rings (SSSR count). The van der Waals surface area contributed by atoms with Crippen LogP contribution in [0, 0.1) is 5.82 Å². The van der Waals surface area contributed by atoms with Gasteiger partial charge in [-0.2, -0.15) is 0 Å². The molecular formula is C28H25Cl2FN2O2. The van der Waals surface area contributed by atoms with Crippen LogP contribution in [0.3, 0.4) is 0 Å². The molecule has 1 aliphatic heterocycles. The lowest BCUT2D eigenvalue weighted by molar-refractivity contribution is 0.122. The van der Waals surface area contributed by atoms with E-state index < -0.39 is 0 Å². The van der Waals surface area contributed by atoms with Crippen molar-refractivity contribution < 1.29 is 13.9 Å². The maximum Gasteiger partial charge on any atom is 0.125 e. The molecule has 0 amide bonds. The molecule has 0 atom stereocenters. The van der Waals surface area contributed by atoms with Gasteiger partial charge in [0.1, 0.15) is 18.2 Å². The van der Waals surface area contributed by atoms with Crippen LogP contribution in [0.4, 0.5) is 15.8 Å². The number of hydrogen-bond donors (Lipinski definition) is 1. The largest absolute Gasteiger partial charge is 0.488 e. The minimum absolute atomic E-state index is 0.241. The van der Waals surface area contributed by atoms with E-state index >= 15 is 0 Å². The Morgan fingerprint density at radius 3 is 2.54 bits per heavy atom. The third kappa shape index (κ3) is 5.48. The first-order valence-corrected chi connectivity index (χ1v) is 12.3. The summed E-state index contributed by atoms with van der Waals surface area (Å²) in [5.41, 5.74) is 3.69. The van der Waals surface area contributed by atoms with Crippen LogP contribution >= 0.6 is 23.2 Å². The molecule has 4 aromatic rings. The third-order valence-corrected chi connectivity index (χ3v) is 6.82. The van der Waals surface area contributed by atoms with Gasteiger partial charge >= 0.3 is 0 Å². The molecule has 0 bridgehead atoms. The van der Waals surface area contributed by atoms with Crippen molar-refractivity contribution in [3.8, 4) is 5.75 Å². The average molecular weight is 511 g/mol. The van der Waals surface area contributed by atoms with Gasteiger partial charge in [-0.05, 0) is 47.2 Å². The molecule has 0 spiro atoms. The van der Waals surface area contributed by atoms with E-state index in [0.717, 1.165) is 52.1 Å². The van der Waals surface area contributed by atoms with Gasteiger partial charge in [0.05, 0.1) is 28.9 Å². The fourth-order valence-corrected chi connectivity index (χ4v) is 4.82. The Bertz CT molecular complexity index is 1340. The Labute approximate surface area is 214 Å². The summed E-state index contributed by atoms with van der Waals surface area (Å²) in [6, 6.07) is 22.6. The molecule has 35 heavy (non-hydrogen) atoms. The average Bonchev–Trinajstić information content (AvgIpc) is 2.87. The van der Waals surface area contributed by atoms with Crippen LogP contribution in [0.1, 0.15) is 11.1 Å². The number of rotatable bonds is 7. The normalized spacial score (nSPS) is 13.7. The molecule has 4 nitrogen and oxygen atoms in total. The molecule has 1 heterocycles. The molecule has 0 unspecified atom stereocenters. The van der Waals surface area contributed by atoms with Crippen LogP contribution in [-0.2, 0) is 17.9 Å². The molecule has 1 aliphatic rings. The Morgan fingerprint density at radius 1 is 0.914 bits per heavy atom. The summed E-state index contributed by atoms with van der Waals surface area (Å²) in [6.45, 7) is 3.88. The predicted octanol–water partition coefficient (Wildman–Crippen LogP) is 7.31. The van der Waals surface area contributed by atoms with Crippen molar-refractivity contribution in [2.24, 2.45) is 0 Å². The summed E-state index contributed by atoms with van der Waals surface area (Å²) in [7, 11) is 0. The summed E-state index contributed by atoms with van der Waals surface area (Å²) in [4.78, 5) is 2.24. The molecule has 1 fully saturated rings. The van der Waals surface area contributed by atoms with Gasteiger partial charge in [0.15, 0.2) is 0 Å². The number of benzene rings is 4. The number of halogens is 3. The zero-order valence-electron chi connectivity index (χ0n) is 19.1. The van der Waals surface area contributed by atoms with Crippen molar-refractivity contribution in [2.45, 2.75) is 13.2 Å². The van der Waals surface area contributed by atoms with Gasteiger partial charge in [-0.1, -0.05) is 59.6 Å². The van der Waals surface area contributed by atoms with Crippen molar-refractivity contribution in [3.05, 3.63) is 99.8 Å². The monoisotopic (exact) mass is 510 g/mol. The zero-order valence-corrected chi connectivity index (χ0v) is 20.6. The maximum atomic E-state index is 13.4. The SMILES string of the molecule is Fc1ccc(COc2ccc3ccccc3c2CNc2ccc(N3CCOCC3)c(Cl)c2)c(Cl)c1. The molecule has 0 radical (unpaired) electrons. The van der Waals surface area contributed by atoms with E-state index in [2.05, 4.69) is 22.3 Å². The minimum atomic E-state index is -0.368. The van der Waals surface area contributed by atoms with Crippen LogP contribution in [0.5, 0.6) is 5.75 Å². The molecule has 4 aromatic carbocycles. The lowest BCUT2D eigenvalue weighted by Crippen LogP contribution is -2.36. The Hall–Kier alpha value is -2.99. The highest BCUT2D eigenvalue weighted by Gasteiger charge is 2.15. The Morgan fingerprint density at radius 2 is 1.74 bits per heavy atom. The van der Waals surface area contributed by atoms with E-state index in [1.165, 1.54) is 12.1 Å². The molecular weight excluding hydrogens is 486 g/mol. The van der Waals surface area contributed by atoms with Gasteiger partial charge in [0.25, 0.3) is 0 Å². The highest BCUT2D eigenvalue weighted by Crippen LogP contribution is 2.33. The fourth-order valence-electron chi connectivity index (χ4n) is 4.30.